The first-order chi connectivity index (χ1) is 8.74. The fourth-order valence-electron chi connectivity index (χ4n) is 2.56. The van der Waals surface area contributed by atoms with Gasteiger partial charge in [-0.25, -0.2) is 4.68 Å². The SMILES string of the molecule is CC(C)Cc1cc2n(n1)C(c1ccsc1)CCN2. The molecule has 1 unspecified atom stereocenters. The zero-order chi connectivity index (χ0) is 12.5. The van der Waals surface area contributed by atoms with E-state index in [1.807, 2.05) is 0 Å². The lowest BCUT2D eigenvalue weighted by molar-refractivity contribution is 0.475. The summed E-state index contributed by atoms with van der Waals surface area (Å²) in [6.07, 6.45) is 2.17. The van der Waals surface area contributed by atoms with E-state index in [0.717, 1.165) is 19.4 Å². The van der Waals surface area contributed by atoms with Gasteiger partial charge >= 0.3 is 0 Å². The molecule has 0 saturated carbocycles. The van der Waals surface area contributed by atoms with Gasteiger partial charge in [-0.1, -0.05) is 13.8 Å². The van der Waals surface area contributed by atoms with Gasteiger partial charge in [0.25, 0.3) is 0 Å². The summed E-state index contributed by atoms with van der Waals surface area (Å²) >= 11 is 1.76. The van der Waals surface area contributed by atoms with Crippen LogP contribution in [-0.4, -0.2) is 16.3 Å². The molecular formula is C14H19N3S. The first-order valence-corrected chi connectivity index (χ1v) is 7.52. The van der Waals surface area contributed by atoms with Crippen molar-refractivity contribution >= 4 is 17.2 Å². The molecule has 3 rings (SSSR count). The first kappa shape index (κ1) is 11.8. The standard InChI is InChI=1S/C14H19N3S/c1-10(2)7-12-8-14-15-5-3-13(17(14)16-12)11-4-6-18-9-11/h4,6,8-10,13,15H,3,5,7H2,1-2H3. The van der Waals surface area contributed by atoms with E-state index in [9.17, 15) is 0 Å². The number of nitrogens with zero attached hydrogens (tertiary/aromatic N) is 2. The van der Waals surface area contributed by atoms with E-state index >= 15 is 0 Å². The highest BCUT2D eigenvalue weighted by Crippen LogP contribution is 2.31. The Bertz CT molecular complexity index is 513. The fourth-order valence-corrected chi connectivity index (χ4v) is 3.27. The van der Waals surface area contributed by atoms with Crippen LogP contribution in [0.15, 0.2) is 22.9 Å². The molecule has 0 radical (unpaired) electrons. The minimum Gasteiger partial charge on any atom is -0.370 e. The van der Waals surface area contributed by atoms with Gasteiger partial charge in [-0.3, -0.25) is 0 Å². The third-order valence-corrected chi connectivity index (χ3v) is 4.05. The second-order valence-electron chi connectivity index (χ2n) is 5.35. The Balaban J connectivity index is 1.93. The van der Waals surface area contributed by atoms with Crippen molar-refractivity contribution in [2.45, 2.75) is 32.7 Å². The van der Waals surface area contributed by atoms with Crippen molar-refractivity contribution in [2.75, 3.05) is 11.9 Å². The Morgan fingerprint density at radius 1 is 1.56 bits per heavy atom. The number of nitrogens with one attached hydrogen (secondary N) is 1. The van der Waals surface area contributed by atoms with Crippen molar-refractivity contribution in [3.05, 3.63) is 34.2 Å². The molecule has 1 N–H and O–H groups in total. The maximum atomic E-state index is 4.79. The summed E-state index contributed by atoms with van der Waals surface area (Å²) in [5.41, 5.74) is 2.59. The van der Waals surface area contributed by atoms with Crippen LogP contribution in [0.4, 0.5) is 5.82 Å². The third-order valence-electron chi connectivity index (χ3n) is 3.35. The molecule has 0 amide bonds. The van der Waals surface area contributed by atoms with Gasteiger partial charge in [0, 0.05) is 12.6 Å². The highest BCUT2D eigenvalue weighted by atomic mass is 32.1. The Morgan fingerprint density at radius 2 is 2.44 bits per heavy atom. The lowest BCUT2D eigenvalue weighted by atomic mass is 10.1. The topological polar surface area (TPSA) is 29.9 Å². The molecule has 0 saturated heterocycles. The lowest BCUT2D eigenvalue weighted by Gasteiger charge is -2.25. The number of anilines is 1. The van der Waals surface area contributed by atoms with Gasteiger partial charge in [0.15, 0.2) is 0 Å². The van der Waals surface area contributed by atoms with Crippen molar-refractivity contribution in [1.29, 1.82) is 0 Å². The molecule has 4 heteroatoms. The first-order valence-electron chi connectivity index (χ1n) is 6.58. The minimum atomic E-state index is 0.411. The third kappa shape index (κ3) is 2.17. The van der Waals surface area contributed by atoms with Crippen LogP contribution in [0.25, 0.3) is 0 Å². The van der Waals surface area contributed by atoms with Crippen molar-refractivity contribution in [3.63, 3.8) is 0 Å². The van der Waals surface area contributed by atoms with Gasteiger partial charge in [0.05, 0.1) is 11.7 Å². The van der Waals surface area contributed by atoms with E-state index in [2.05, 4.69) is 46.7 Å². The summed E-state index contributed by atoms with van der Waals surface area (Å²) in [5, 5.41) is 12.6. The summed E-state index contributed by atoms with van der Waals surface area (Å²) in [6, 6.07) is 4.83. The fraction of sp³-hybridized carbons (Fsp3) is 0.500. The van der Waals surface area contributed by atoms with Gasteiger partial charge < -0.3 is 5.32 Å². The molecule has 0 aromatic carbocycles. The van der Waals surface area contributed by atoms with Crippen molar-refractivity contribution in [1.82, 2.24) is 9.78 Å². The van der Waals surface area contributed by atoms with Crippen LogP contribution < -0.4 is 5.32 Å². The largest absolute Gasteiger partial charge is 0.370 e. The molecule has 0 bridgehead atoms. The summed E-state index contributed by atoms with van der Waals surface area (Å²) in [7, 11) is 0. The maximum absolute atomic E-state index is 4.79. The molecule has 0 aliphatic carbocycles. The van der Waals surface area contributed by atoms with Crippen LogP contribution in [-0.2, 0) is 6.42 Å². The Hall–Kier alpha value is -1.29. The molecule has 0 spiro atoms. The van der Waals surface area contributed by atoms with Gasteiger partial charge in [0.2, 0.25) is 0 Å². The predicted molar refractivity (Wildman–Crippen MR) is 76.3 cm³/mol. The summed E-state index contributed by atoms with van der Waals surface area (Å²) in [4.78, 5) is 0. The molecule has 1 aliphatic heterocycles. The van der Waals surface area contributed by atoms with Crippen LogP contribution in [0, 0.1) is 5.92 Å². The van der Waals surface area contributed by atoms with Gasteiger partial charge in [-0.15, -0.1) is 0 Å². The lowest BCUT2D eigenvalue weighted by Crippen LogP contribution is -2.23. The smallest absolute Gasteiger partial charge is 0.125 e. The molecule has 2 aromatic heterocycles. The van der Waals surface area contributed by atoms with E-state index in [0.29, 0.717) is 12.0 Å². The van der Waals surface area contributed by atoms with Crippen molar-refractivity contribution in [2.24, 2.45) is 5.92 Å². The number of hydrogen-bond donors (Lipinski definition) is 1. The second kappa shape index (κ2) is 4.76. The van der Waals surface area contributed by atoms with Gasteiger partial charge in [-0.05, 0) is 41.1 Å². The average Bonchev–Trinajstić information content (AvgIpc) is 2.94. The van der Waals surface area contributed by atoms with E-state index < -0.39 is 0 Å². The average molecular weight is 261 g/mol. The number of aromatic nitrogens is 2. The molecular weight excluding hydrogens is 242 g/mol. The Morgan fingerprint density at radius 3 is 3.17 bits per heavy atom. The quantitative estimate of drug-likeness (QED) is 0.915. The molecule has 1 aliphatic rings. The molecule has 2 aromatic rings. The highest BCUT2D eigenvalue weighted by Gasteiger charge is 2.23. The van der Waals surface area contributed by atoms with Crippen LogP contribution in [0.3, 0.4) is 0 Å². The van der Waals surface area contributed by atoms with Gasteiger partial charge in [-0.2, -0.15) is 16.4 Å². The van der Waals surface area contributed by atoms with Crippen LogP contribution >= 0.6 is 11.3 Å². The second-order valence-corrected chi connectivity index (χ2v) is 6.13. The zero-order valence-electron chi connectivity index (χ0n) is 10.9. The predicted octanol–water partition coefficient (Wildman–Crippen LogP) is 3.55. The monoisotopic (exact) mass is 261 g/mol. The van der Waals surface area contributed by atoms with E-state index in [-0.39, 0.29) is 0 Å². The van der Waals surface area contributed by atoms with Crippen LogP contribution in [0.2, 0.25) is 0 Å². The highest BCUT2D eigenvalue weighted by molar-refractivity contribution is 7.07. The molecule has 3 heterocycles. The summed E-state index contributed by atoms with van der Waals surface area (Å²) < 4.78 is 2.17. The number of thiophene rings is 1. The number of fused-ring (bicyclic) bond motifs is 1. The molecule has 3 nitrogen and oxygen atoms in total. The molecule has 96 valence electrons. The van der Waals surface area contributed by atoms with Crippen molar-refractivity contribution in [3.8, 4) is 0 Å². The number of rotatable bonds is 3. The molecule has 18 heavy (non-hydrogen) atoms. The van der Waals surface area contributed by atoms with Crippen LogP contribution in [0.5, 0.6) is 0 Å². The van der Waals surface area contributed by atoms with E-state index in [1.165, 1.54) is 17.1 Å². The zero-order valence-corrected chi connectivity index (χ0v) is 11.7. The van der Waals surface area contributed by atoms with Crippen LogP contribution in [0.1, 0.15) is 37.6 Å². The Kier molecular flexibility index (Phi) is 3.12. The van der Waals surface area contributed by atoms with Crippen molar-refractivity contribution < 1.29 is 0 Å². The minimum absolute atomic E-state index is 0.411. The van der Waals surface area contributed by atoms with Gasteiger partial charge in [0.1, 0.15) is 5.82 Å². The van der Waals surface area contributed by atoms with E-state index in [1.54, 1.807) is 11.3 Å². The number of hydrogen-bond acceptors (Lipinski definition) is 3. The molecule has 1 atom stereocenters. The Labute approximate surface area is 112 Å². The summed E-state index contributed by atoms with van der Waals surface area (Å²) in [5.74, 6) is 1.83. The maximum Gasteiger partial charge on any atom is 0.125 e. The summed E-state index contributed by atoms with van der Waals surface area (Å²) in [6.45, 7) is 5.51. The normalized spacial score (nSPS) is 18.7. The molecule has 0 fully saturated rings. The van der Waals surface area contributed by atoms with E-state index in [4.69, 9.17) is 5.10 Å².